The zero-order valence-corrected chi connectivity index (χ0v) is 13.6. The average Bonchev–Trinajstić information content (AvgIpc) is 3.11. The summed E-state index contributed by atoms with van der Waals surface area (Å²) in [6.07, 6.45) is 4.81. The van der Waals surface area contributed by atoms with Gasteiger partial charge in [0.15, 0.2) is 10.8 Å². The first-order valence-electron chi connectivity index (χ1n) is 6.73. The highest BCUT2D eigenvalue weighted by Crippen LogP contribution is 2.25. The molecule has 6 heteroatoms. The predicted molar refractivity (Wildman–Crippen MR) is 84.6 cm³/mol. The van der Waals surface area contributed by atoms with Crippen molar-refractivity contribution < 1.29 is 0 Å². The van der Waals surface area contributed by atoms with Gasteiger partial charge in [-0.25, -0.2) is 4.98 Å². The van der Waals surface area contributed by atoms with Gasteiger partial charge in [-0.05, 0) is 25.9 Å². The quantitative estimate of drug-likeness (QED) is 0.780. The first kappa shape index (κ1) is 13.4. The number of thiazole rings is 1. The summed E-state index contributed by atoms with van der Waals surface area (Å²) < 4.78 is 2.18. The summed E-state index contributed by atoms with van der Waals surface area (Å²) in [5.74, 6) is 1.11. The number of halogens is 1. The maximum atomic E-state index is 4.75. The SMILES string of the molecule is CN(CCN1CCCC1)c1nc2sccn2c1CBr. The largest absolute Gasteiger partial charge is 0.357 e. The summed E-state index contributed by atoms with van der Waals surface area (Å²) in [6.45, 7) is 4.71. The van der Waals surface area contributed by atoms with Gasteiger partial charge >= 0.3 is 0 Å². The Balaban J connectivity index is 1.72. The Bertz CT molecular complexity index is 544. The fraction of sp³-hybridized carbons (Fsp3) is 0.615. The summed E-state index contributed by atoms with van der Waals surface area (Å²) in [6, 6.07) is 0. The number of fused-ring (bicyclic) bond motifs is 1. The maximum Gasteiger partial charge on any atom is 0.195 e. The van der Waals surface area contributed by atoms with E-state index in [1.807, 2.05) is 0 Å². The van der Waals surface area contributed by atoms with Crippen molar-refractivity contribution in [1.29, 1.82) is 0 Å². The van der Waals surface area contributed by atoms with E-state index < -0.39 is 0 Å². The fourth-order valence-electron chi connectivity index (χ4n) is 2.65. The monoisotopic (exact) mass is 342 g/mol. The number of likely N-dealkylation sites (tertiary alicyclic amines) is 1. The highest BCUT2D eigenvalue weighted by Gasteiger charge is 2.17. The van der Waals surface area contributed by atoms with Crippen LogP contribution in [0.3, 0.4) is 0 Å². The molecule has 3 heterocycles. The number of imidazole rings is 1. The summed E-state index contributed by atoms with van der Waals surface area (Å²) in [5, 5.41) is 2.93. The molecule has 104 valence electrons. The van der Waals surface area contributed by atoms with Crippen LogP contribution in [0, 0.1) is 0 Å². The van der Waals surface area contributed by atoms with Crippen LogP contribution in [0.5, 0.6) is 0 Å². The molecule has 0 N–H and O–H groups in total. The normalized spacial score (nSPS) is 16.5. The van der Waals surface area contributed by atoms with Gasteiger partial charge in [0.1, 0.15) is 0 Å². The maximum absolute atomic E-state index is 4.75. The van der Waals surface area contributed by atoms with Crippen molar-refractivity contribution in [3.05, 3.63) is 17.3 Å². The third-order valence-electron chi connectivity index (χ3n) is 3.78. The van der Waals surface area contributed by atoms with E-state index in [0.717, 1.165) is 29.2 Å². The molecule has 3 rings (SSSR count). The molecule has 0 aromatic carbocycles. The van der Waals surface area contributed by atoms with Crippen molar-refractivity contribution in [2.45, 2.75) is 18.2 Å². The number of nitrogens with zero attached hydrogens (tertiary/aromatic N) is 4. The molecule has 1 aliphatic heterocycles. The molecule has 1 fully saturated rings. The van der Waals surface area contributed by atoms with E-state index >= 15 is 0 Å². The molecule has 1 aliphatic rings. The number of rotatable bonds is 5. The number of aromatic nitrogens is 2. The Morgan fingerprint density at radius 2 is 2.21 bits per heavy atom. The van der Waals surface area contributed by atoms with Crippen LogP contribution in [-0.4, -0.2) is 47.5 Å². The van der Waals surface area contributed by atoms with Crippen molar-refractivity contribution >= 4 is 38.0 Å². The van der Waals surface area contributed by atoms with Gasteiger partial charge in [0.05, 0.1) is 5.69 Å². The highest BCUT2D eigenvalue weighted by atomic mass is 79.9. The lowest BCUT2D eigenvalue weighted by Gasteiger charge is -2.22. The van der Waals surface area contributed by atoms with Crippen molar-refractivity contribution in [3.63, 3.8) is 0 Å². The molecular formula is C13H19BrN4S. The number of hydrogen-bond acceptors (Lipinski definition) is 4. The lowest BCUT2D eigenvalue weighted by molar-refractivity contribution is 0.346. The van der Waals surface area contributed by atoms with E-state index in [1.165, 1.54) is 31.6 Å². The molecule has 0 saturated carbocycles. The van der Waals surface area contributed by atoms with Gasteiger partial charge in [-0.15, -0.1) is 11.3 Å². The van der Waals surface area contributed by atoms with E-state index in [9.17, 15) is 0 Å². The van der Waals surface area contributed by atoms with Gasteiger partial charge in [0.2, 0.25) is 0 Å². The molecule has 4 nitrogen and oxygen atoms in total. The third kappa shape index (κ3) is 2.66. The topological polar surface area (TPSA) is 23.8 Å². The minimum Gasteiger partial charge on any atom is -0.357 e. The average molecular weight is 343 g/mol. The van der Waals surface area contributed by atoms with Crippen molar-refractivity contribution in [3.8, 4) is 0 Å². The summed E-state index contributed by atoms with van der Waals surface area (Å²) in [7, 11) is 2.15. The van der Waals surface area contributed by atoms with E-state index in [0.29, 0.717) is 0 Å². The van der Waals surface area contributed by atoms with Gasteiger partial charge in [-0.3, -0.25) is 4.40 Å². The van der Waals surface area contributed by atoms with E-state index in [1.54, 1.807) is 11.3 Å². The lowest BCUT2D eigenvalue weighted by Crippen LogP contribution is -2.31. The Morgan fingerprint density at radius 3 is 2.95 bits per heavy atom. The van der Waals surface area contributed by atoms with Crippen LogP contribution < -0.4 is 4.90 Å². The second kappa shape index (κ2) is 5.81. The molecule has 0 aliphatic carbocycles. The first-order chi connectivity index (χ1) is 9.29. The molecule has 0 unspecified atom stereocenters. The molecule has 2 aromatic rings. The van der Waals surface area contributed by atoms with Crippen molar-refractivity contribution in [1.82, 2.24) is 14.3 Å². The van der Waals surface area contributed by atoms with Crippen LogP contribution in [0.4, 0.5) is 5.82 Å². The molecule has 1 saturated heterocycles. The van der Waals surface area contributed by atoms with Crippen molar-refractivity contribution in [2.24, 2.45) is 0 Å². The van der Waals surface area contributed by atoms with Crippen LogP contribution in [0.2, 0.25) is 0 Å². The zero-order valence-electron chi connectivity index (χ0n) is 11.2. The van der Waals surface area contributed by atoms with E-state index in [4.69, 9.17) is 4.98 Å². The molecule has 2 aromatic heterocycles. The summed E-state index contributed by atoms with van der Waals surface area (Å²) >= 11 is 5.28. The van der Waals surface area contributed by atoms with Crippen LogP contribution >= 0.6 is 27.3 Å². The van der Waals surface area contributed by atoms with Crippen LogP contribution in [0.15, 0.2) is 11.6 Å². The van der Waals surface area contributed by atoms with Crippen LogP contribution in [0.25, 0.3) is 4.96 Å². The van der Waals surface area contributed by atoms with Gasteiger partial charge in [-0.2, -0.15) is 0 Å². The Kier molecular flexibility index (Phi) is 4.10. The van der Waals surface area contributed by atoms with Crippen LogP contribution in [-0.2, 0) is 5.33 Å². The number of alkyl halides is 1. The molecule has 0 spiro atoms. The fourth-order valence-corrected chi connectivity index (χ4v) is 3.90. The smallest absolute Gasteiger partial charge is 0.195 e. The predicted octanol–water partition coefficient (Wildman–Crippen LogP) is 2.82. The van der Waals surface area contributed by atoms with E-state index in [2.05, 4.69) is 48.8 Å². The van der Waals surface area contributed by atoms with Gasteiger partial charge < -0.3 is 9.80 Å². The molecular weight excluding hydrogens is 324 g/mol. The second-order valence-electron chi connectivity index (χ2n) is 5.04. The third-order valence-corrected chi connectivity index (χ3v) is 5.07. The molecule has 0 bridgehead atoms. The second-order valence-corrected chi connectivity index (χ2v) is 6.48. The summed E-state index contributed by atoms with van der Waals surface area (Å²) in [4.78, 5) is 10.7. The minimum absolute atomic E-state index is 0.842. The van der Waals surface area contributed by atoms with Gasteiger partial charge in [0.25, 0.3) is 0 Å². The minimum atomic E-state index is 0.842. The zero-order chi connectivity index (χ0) is 13.2. The Hall–Kier alpha value is -0.590. The Morgan fingerprint density at radius 1 is 1.42 bits per heavy atom. The summed E-state index contributed by atoms with van der Waals surface area (Å²) in [5.41, 5.74) is 1.25. The molecule has 0 amide bonds. The van der Waals surface area contributed by atoms with Crippen LogP contribution in [0.1, 0.15) is 18.5 Å². The van der Waals surface area contributed by atoms with Gasteiger partial charge in [-0.1, -0.05) is 15.9 Å². The number of likely N-dealkylation sites (N-methyl/N-ethyl adjacent to an activating group) is 1. The number of anilines is 1. The van der Waals surface area contributed by atoms with E-state index in [-0.39, 0.29) is 0 Å². The number of hydrogen-bond donors (Lipinski definition) is 0. The molecule has 0 radical (unpaired) electrons. The first-order valence-corrected chi connectivity index (χ1v) is 8.73. The lowest BCUT2D eigenvalue weighted by atomic mass is 10.4. The van der Waals surface area contributed by atoms with Gasteiger partial charge in [0, 0.05) is 37.0 Å². The standard InChI is InChI=1S/C13H19BrN4S/c1-16(6-7-17-4-2-3-5-17)12-11(10-14)18-8-9-19-13(18)15-12/h8-9H,2-7,10H2,1H3. The van der Waals surface area contributed by atoms with Crippen molar-refractivity contribution in [2.75, 3.05) is 38.1 Å². The molecule has 0 atom stereocenters. The molecule has 19 heavy (non-hydrogen) atoms. The highest BCUT2D eigenvalue weighted by molar-refractivity contribution is 9.08. The Labute approximate surface area is 126 Å².